The lowest BCUT2D eigenvalue weighted by molar-refractivity contribution is -0.144. The molecule has 1 N–H and O–H groups in total. The lowest BCUT2D eigenvalue weighted by Gasteiger charge is -2.29. The lowest BCUT2D eigenvalue weighted by Crippen LogP contribution is -2.42. The van der Waals surface area contributed by atoms with Crippen molar-refractivity contribution < 1.29 is 19.4 Å². The Morgan fingerprint density at radius 2 is 1.64 bits per heavy atom. The van der Waals surface area contributed by atoms with E-state index in [-0.39, 0.29) is 25.0 Å². The van der Waals surface area contributed by atoms with Crippen LogP contribution in [0.25, 0.3) is 0 Å². The third-order valence-electron chi connectivity index (χ3n) is 5.31. The van der Waals surface area contributed by atoms with Gasteiger partial charge in [0.1, 0.15) is 0 Å². The SMILES string of the molecule is CC(C)(COCc1ccccc1)C(=O)N1CC(C(=O)O)C(c2ccccc2)C1. The summed E-state index contributed by atoms with van der Waals surface area (Å²) in [6.45, 7) is 5.09. The number of carboxylic acid groups (broad SMARTS) is 1. The summed E-state index contributed by atoms with van der Waals surface area (Å²) in [7, 11) is 0. The minimum Gasteiger partial charge on any atom is -0.481 e. The van der Waals surface area contributed by atoms with Crippen molar-refractivity contribution in [3.63, 3.8) is 0 Å². The van der Waals surface area contributed by atoms with Gasteiger partial charge in [0.05, 0.1) is 24.5 Å². The number of aliphatic carboxylic acids is 1. The zero-order valence-electron chi connectivity index (χ0n) is 16.4. The standard InChI is InChI=1S/C23H27NO4/c1-23(2,16-28-15-17-9-5-3-6-10-17)22(27)24-13-19(20(14-24)21(25)26)18-11-7-4-8-12-18/h3-12,19-20H,13-16H2,1-2H3,(H,25,26). The number of benzene rings is 2. The Morgan fingerprint density at radius 3 is 2.25 bits per heavy atom. The van der Waals surface area contributed by atoms with Gasteiger partial charge < -0.3 is 14.7 Å². The third-order valence-corrected chi connectivity index (χ3v) is 5.31. The number of rotatable bonds is 7. The Hall–Kier alpha value is -2.66. The molecule has 0 saturated carbocycles. The summed E-state index contributed by atoms with van der Waals surface area (Å²) in [5, 5.41) is 9.65. The molecule has 2 atom stereocenters. The molecule has 0 bridgehead atoms. The van der Waals surface area contributed by atoms with Crippen LogP contribution in [0.1, 0.15) is 30.9 Å². The van der Waals surface area contributed by atoms with Crippen LogP contribution in [0.3, 0.4) is 0 Å². The highest BCUT2D eigenvalue weighted by Crippen LogP contribution is 2.35. The smallest absolute Gasteiger partial charge is 0.308 e. The van der Waals surface area contributed by atoms with Crippen LogP contribution in [0.5, 0.6) is 0 Å². The Bertz CT molecular complexity index is 804. The molecule has 2 aromatic rings. The van der Waals surface area contributed by atoms with Crippen molar-refractivity contribution >= 4 is 11.9 Å². The molecule has 2 aromatic carbocycles. The first kappa shape index (κ1) is 20.1. The number of carbonyl (C=O) groups is 2. The number of ether oxygens (including phenoxy) is 1. The number of carboxylic acids is 1. The average molecular weight is 381 g/mol. The fourth-order valence-electron chi connectivity index (χ4n) is 3.75. The van der Waals surface area contributed by atoms with E-state index < -0.39 is 17.3 Å². The van der Waals surface area contributed by atoms with Gasteiger partial charge in [-0.1, -0.05) is 60.7 Å². The molecule has 0 aliphatic carbocycles. The van der Waals surface area contributed by atoms with Crippen molar-refractivity contribution in [2.24, 2.45) is 11.3 Å². The second-order valence-electron chi connectivity index (χ2n) is 8.03. The quantitative estimate of drug-likeness (QED) is 0.796. The molecular formula is C23H27NO4. The van der Waals surface area contributed by atoms with Crippen LogP contribution in [0.2, 0.25) is 0 Å². The maximum Gasteiger partial charge on any atom is 0.308 e. The highest BCUT2D eigenvalue weighted by Gasteiger charge is 2.43. The molecule has 3 rings (SSSR count). The van der Waals surface area contributed by atoms with Gasteiger partial charge in [-0.15, -0.1) is 0 Å². The number of hydrogen-bond acceptors (Lipinski definition) is 3. The highest BCUT2D eigenvalue weighted by atomic mass is 16.5. The summed E-state index contributed by atoms with van der Waals surface area (Å²) >= 11 is 0. The molecule has 0 aromatic heterocycles. The predicted octanol–water partition coefficient (Wildman–Crippen LogP) is 3.56. The number of nitrogens with zero attached hydrogens (tertiary/aromatic N) is 1. The van der Waals surface area contributed by atoms with Crippen molar-refractivity contribution in [2.75, 3.05) is 19.7 Å². The average Bonchev–Trinajstić information content (AvgIpc) is 3.14. The second-order valence-corrected chi connectivity index (χ2v) is 8.03. The van der Waals surface area contributed by atoms with Crippen LogP contribution < -0.4 is 0 Å². The number of likely N-dealkylation sites (tertiary alicyclic amines) is 1. The number of carbonyl (C=O) groups excluding carboxylic acids is 1. The molecule has 0 spiro atoms. The third kappa shape index (κ3) is 4.60. The van der Waals surface area contributed by atoms with Crippen molar-refractivity contribution in [3.05, 3.63) is 71.8 Å². The van der Waals surface area contributed by atoms with Crippen LogP contribution >= 0.6 is 0 Å². The normalized spacial score (nSPS) is 19.6. The van der Waals surface area contributed by atoms with Gasteiger partial charge >= 0.3 is 5.97 Å². The second kappa shape index (κ2) is 8.57. The molecule has 1 saturated heterocycles. The Kier molecular flexibility index (Phi) is 6.15. The monoisotopic (exact) mass is 381 g/mol. The van der Waals surface area contributed by atoms with Gasteiger partial charge in [-0.2, -0.15) is 0 Å². The molecule has 1 aliphatic rings. The van der Waals surface area contributed by atoms with Gasteiger partial charge in [-0.05, 0) is 25.0 Å². The van der Waals surface area contributed by atoms with E-state index >= 15 is 0 Å². The molecule has 1 amide bonds. The van der Waals surface area contributed by atoms with Gasteiger partial charge in [0.2, 0.25) is 5.91 Å². The molecule has 5 nitrogen and oxygen atoms in total. The van der Waals surface area contributed by atoms with Gasteiger partial charge in [0.25, 0.3) is 0 Å². The minimum atomic E-state index is -0.859. The Labute approximate surface area is 165 Å². The first-order valence-corrected chi connectivity index (χ1v) is 9.57. The first-order chi connectivity index (χ1) is 13.4. The summed E-state index contributed by atoms with van der Waals surface area (Å²) in [6.07, 6.45) is 0. The van der Waals surface area contributed by atoms with Gasteiger partial charge in [0, 0.05) is 19.0 Å². The Morgan fingerprint density at radius 1 is 1.04 bits per heavy atom. The van der Waals surface area contributed by atoms with E-state index in [1.165, 1.54) is 0 Å². The molecule has 0 radical (unpaired) electrons. The molecular weight excluding hydrogens is 354 g/mol. The lowest BCUT2D eigenvalue weighted by atomic mass is 9.89. The molecule has 5 heteroatoms. The van der Waals surface area contributed by atoms with E-state index in [0.29, 0.717) is 13.2 Å². The fourth-order valence-corrected chi connectivity index (χ4v) is 3.75. The van der Waals surface area contributed by atoms with Gasteiger partial charge in [0.15, 0.2) is 0 Å². The fraction of sp³-hybridized carbons (Fsp3) is 0.391. The van der Waals surface area contributed by atoms with Crippen molar-refractivity contribution in [1.29, 1.82) is 0 Å². The van der Waals surface area contributed by atoms with Crippen molar-refractivity contribution in [2.45, 2.75) is 26.4 Å². The largest absolute Gasteiger partial charge is 0.481 e. The highest BCUT2D eigenvalue weighted by molar-refractivity contribution is 5.84. The van der Waals surface area contributed by atoms with Crippen molar-refractivity contribution in [3.8, 4) is 0 Å². The van der Waals surface area contributed by atoms with Crippen LogP contribution in [0.4, 0.5) is 0 Å². The number of hydrogen-bond donors (Lipinski definition) is 1. The van der Waals surface area contributed by atoms with E-state index in [1.807, 2.05) is 74.5 Å². The first-order valence-electron chi connectivity index (χ1n) is 9.57. The molecule has 1 fully saturated rings. The van der Waals surface area contributed by atoms with Crippen LogP contribution in [-0.4, -0.2) is 41.6 Å². The number of amides is 1. The topological polar surface area (TPSA) is 66.8 Å². The van der Waals surface area contributed by atoms with E-state index in [0.717, 1.165) is 11.1 Å². The zero-order valence-corrected chi connectivity index (χ0v) is 16.4. The van der Waals surface area contributed by atoms with E-state index in [1.54, 1.807) is 4.90 Å². The molecule has 1 aliphatic heterocycles. The summed E-state index contributed by atoms with van der Waals surface area (Å²) in [5.74, 6) is -1.70. The van der Waals surface area contributed by atoms with E-state index in [9.17, 15) is 14.7 Å². The molecule has 148 valence electrons. The van der Waals surface area contributed by atoms with E-state index in [4.69, 9.17) is 4.74 Å². The zero-order chi connectivity index (χ0) is 20.1. The van der Waals surface area contributed by atoms with Crippen LogP contribution in [0, 0.1) is 11.3 Å². The maximum absolute atomic E-state index is 13.1. The maximum atomic E-state index is 13.1. The minimum absolute atomic E-state index is 0.0646. The van der Waals surface area contributed by atoms with Crippen molar-refractivity contribution in [1.82, 2.24) is 4.90 Å². The molecule has 28 heavy (non-hydrogen) atoms. The summed E-state index contributed by atoms with van der Waals surface area (Å²) in [5.41, 5.74) is 1.30. The van der Waals surface area contributed by atoms with Gasteiger partial charge in [-0.3, -0.25) is 9.59 Å². The summed E-state index contributed by atoms with van der Waals surface area (Å²) < 4.78 is 5.79. The summed E-state index contributed by atoms with van der Waals surface area (Å²) in [6, 6.07) is 19.4. The molecule has 1 heterocycles. The molecule has 2 unspecified atom stereocenters. The summed E-state index contributed by atoms with van der Waals surface area (Å²) in [4.78, 5) is 26.6. The Balaban J connectivity index is 1.64. The van der Waals surface area contributed by atoms with E-state index in [2.05, 4.69) is 0 Å². The van der Waals surface area contributed by atoms with Gasteiger partial charge in [-0.25, -0.2) is 0 Å². The van der Waals surface area contributed by atoms with Crippen LogP contribution in [0.15, 0.2) is 60.7 Å². The predicted molar refractivity (Wildman–Crippen MR) is 107 cm³/mol. The van der Waals surface area contributed by atoms with Crippen LogP contribution in [-0.2, 0) is 20.9 Å².